The third-order valence-corrected chi connectivity index (χ3v) is 7.68. The van der Waals surface area contributed by atoms with E-state index in [2.05, 4.69) is 4.98 Å². The molecule has 176 valence electrons. The van der Waals surface area contributed by atoms with Gasteiger partial charge in [-0.2, -0.15) is 0 Å². The SMILES string of the molecule is CC1=c2c(c(=O)[nH]c(=O)n2C2CC2)=C(C(F)F)C(F)C1N1CC2CCC(F)(F)C(N)C2C1. The molecule has 5 atom stereocenters. The molecule has 11 heteroatoms. The van der Waals surface area contributed by atoms with Crippen LogP contribution in [0.4, 0.5) is 22.0 Å². The van der Waals surface area contributed by atoms with Crippen LogP contribution in [0.25, 0.3) is 11.1 Å². The molecule has 4 aliphatic rings. The summed E-state index contributed by atoms with van der Waals surface area (Å²) in [6.45, 7) is 1.83. The number of fused-ring (bicyclic) bond motifs is 2. The van der Waals surface area contributed by atoms with Crippen LogP contribution in [0.2, 0.25) is 0 Å². The van der Waals surface area contributed by atoms with Crippen molar-refractivity contribution in [3.05, 3.63) is 31.4 Å². The van der Waals surface area contributed by atoms with Gasteiger partial charge in [0, 0.05) is 31.1 Å². The molecule has 1 aromatic heterocycles. The van der Waals surface area contributed by atoms with Crippen molar-refractivity contribution in [2.24, 2.45) is 17.6 Å². The summed E-state index contributed by atoms with van der Waals surface area (Å²) in [5.41, 5.74) is 3.43. The molecule has 2 heterocycles. The second kappa shape index (κ2) is 7.24. The quantitative estimate of drug-likeness (QED) is 0.643. The van der Waals surface area contributed by atoms with Gasteiger partial charge in [0.2, 0.25) is 0 Å². The minimum absolute atomic E-state index is 0.0416. The third-order valence-electron chi connectivity index (χ3n) is 7.68. The molecule has 32 heavy (non-hydrogen) atoms. The smallest absolute Gasteiger partial charge is 0.322 e. The van der Waals surface area contributed by atoms with Crippen molar-refractivity contribution in [1.82, 2.24) is 14.5 Å². The fourth-order valence-electron chi connectivity index (χ4n) is 5.97. The minimum atomic E-state index is -3.25. The van der Waals surface area contributed by atoms with E-state index in [1.807, 2.05) is 0 Å². The highest BCUT2D eigenvalue weighted by atomic mass is 19.3. The van der Waals surface area contributed by atoms with E-state index in [1.54, 1.807) is 4.90 Å². The summed E-state index contributed by atoms with van der Waals surface area (Å²) >= 11 is 0. The molecule has 5 rings (SSSR count). The van der Waals surface area contributed by atoms with Gasteiger partial charge in [-0.15, -0.1) is 0 Å². The molecular weight excluding hydrogens is 435 g/mol. The van der Waals surface area contributed by atoms with Gasteiger partial charge in [-0.25, -0.2) is 26.7 Å². The van der Waals surface area contributed by atoms with Crippen molar-refractivity contribution in [3.63, 3.8) is 0 Å². The Hall–Kier alpha value is -2.01. The Morgan fingerprint density at radius 2 is 1.84 bits per heavy atom. The Bertz CT molecular complexity index is 1190. The van der Waals surface area contributed by atoms with Crippen molar-refractivity contribution in [2.75, 3.05) is 13.1 Å². The normalized spacial score (nSPS) is 34.7. The van der Waals surface area contributed by atoms with Gasteiger partial charge < -0.3 is 5.73 Å². The average Bonchev–Trinajstić information content (AvgIpc) is 3.44. The largest absolute Gasteiger partial charge is 0.329 e. The molecule has 2 saturated carbocycles. The first kappa shape index (κ1) is 21.8. The number of nitrogens with zero attached hydrogens (tertiary/aromatic N) is 2. The molecule has 3 N–H and O–H groups in total. The second-order valence-corrected chi connectivity index (χ2v) is 9.57. The molecular formula is C21H25F5N4O2. The van der Waals surface area contributed by atoms with E-state index in [-0.39, 0.29) is 43.2 Å². The Balaban J connectivity index is 1.68. The molecule has 0 radical (unpaired) electrons. The van der Waals surface area contributed by atoms with Gasteiger partial charge in [-0.3, -0.25) is 19.2 Å². The van der Waals surface area contributed by atoms with Crippen LogP contribution >= 0.6 is 0 Å². The fraction of sp³-hybridized carbons (Fsp3) is 0.714. The van der Waals surface area contributed by atoms with E-state index in [1.165, 1.54) is 11.5 Å². The number of nitrogens with two attached hydrogens (primary N) is 1. The van der Waals surface area contributed by atoms with E-state index < -0.39 is 58.6 Å². The number of aromatic amines is 1. The number of hydrogen-bond donors (Lipinski definition) is 2. The van der Waals surface area contributed by atoms with E-state index >= 15 is 4.39 Å². The maximum atomic E-state index is 15.7. The molecule has 0 amide bonds. The summed E-state index contributed by atoms with van der Waals surface area (Å²) in [7, 11) is 0. The number of rotatable bonds is 3. The highest BCUT2D eigenvalue weighted by Crippen LogP contribution is 2.45. The number of likely N-dealkylation sites (tertiary alicyclic amines) is 1. The summed E-state index contributed by atoms with van der Waals surface area (Å²) in [6.07, 6.45) is -4.29. The number of halogens is 5. The van der Waals surface area contributed by atoms with Gasteiger partial charge in [0.15, 0.2) is 0 Å². The van der Waals surface area contributed by atoms with Crippen molar-refractivity contribution in [3.8, 4) is 0 Å². The second-order valence-electron chi connectivity index (χ2n) is 9.57. The first-order chi connectivity index (χ1) is 15.0. The van der Waals surface area contributed by atoms with Crippen LogP contribution in [-0.4, -0.2) is 58.1 Å². The lowest BCUT2D eigenvalue weighted by molar-refractivity contribution is -0.0796. The lowest BCUT2D eigenvalue weighted by atomic mass is 9.76. The third kappa shape index (κ3) is 3.11. The Morgan fingerprint density at radius 3 is 2.47 bits per heavy atom. The van der Waals surface area contributed by atoms with Crippen LogP contribution in [0.1, 0.15) is 38.6 Å². The lowest BCUT2D eigenvalue weighted by Crippen LogP contribution is -2.62. The average molecular weight is 460 g/mol. The molecule has 1 saturated heterocycles. The number of aromatic nitrogens is 2. The molecule has 6 nitrogen and oxygen atoms in total. The van der Waals surface area contributed by atoms with Gasteiger partial charge in [-0.1, -0.05) is 0 Å². The number of H-pyrrole nitrogens is 1. The van der Waals surface area contributed by atoms with Crippen LogP contribution in [0.5, 0.6) is 0 Å². The monoisotopic (exact) mass is 460 g/mol. The van der Waals surface area contributed by atoms with Crippen molar-refractivity contribution in [1.29, 1.82) is 0 Å². The van der Waals surface area contributed by atoms with Gasteiger partial charge in [-0.05, 0) is 43.6 Å². The highest BCUT2D eigenvalue weighted by Gasteiger charge is 2.54. The van der Waals surface area contributed by atoms with Crippen LogP contribution in [0, 0.1) is 11.8 Å². The molecule has 5 unspecified atom stereocenters. The van der Waals surface area contributed by atoms with Gasteiger partial charge in [0.05, 0.1) is 22.7 Å². The topological polar surface area (TPSA) is 84.1 Å². The molecule has 0 aromatic carbocycles. The minimum Gasteiger partial charge on any atom is -0.322 e. The van der Waals surface area contributed by atoms with Gasteiger partial charge in [0.1, 0.15) is 6.17 Å². The molecule has 0 bridgehead atoms. The lowest BCUT2D eigenvalue weighted by Gasteiger charge is -2.37. The maximum Gasteiger partial charge on any atom is 0.329 e. The Labute approximate surface area is 179 Å². The van der Waals surface area contributed by atoms with E-state index in [4.69, 9.17) is 5.73 Å². The summed E-state index contributed by atoms with van der Waals surface area (Å²) in [5, 5.41) is -0.437. The van der Waals surface area contributed by atoms with Crippen molar-refractivity contribution >= 4 is 11.1 Å². The van der Waals surface area contributed by atoms with Gasteiger partial charge >= 0.3 is 5.69 Å². The summed E-state index contributed by atoms with van der Waals surface area (Å²) < 4.78 is 73.4. The standard InChI is InChI=1S/C21H25F5N4O2/c1-8-15-13(19(31)28-20(32)30(15)10-2-3-10)12(18(23)24)14(22)16(8)29-6-9-4-5-21(25,26)17(27)11(9)7-29/h9-11,14,16-18H,2-7,27H2,1H3,(H,28,31,32). The van der Waals surface area contributed by atoms with Crippen LogP contribution in [0.15, 0.2) is 9.59 Å². The maximum absolute atomic E-state index is 15.7. The Kier molecular flexibility index (Phi) is 4.94. The van der Waals surface area contributed by atoms with Crippen molar-refractivity contribution in [2.45, 2.75) is 69.3 Å². The zero-order valence-corrected chi connectivity index (χ0v) is 17.5. The zero-order chi connectivity index (χ0) is 23.1. The highest BCUT2D eigenvalue weighted by molar-refractivity contribution is 5.65. The van der Waals surface area contributed by atoms with E-state index in [9.17, 15) is 27.2 Å². The van der Waals surface area contributed by atoms with Crippen LogP contribution < -0.4 is 27.6 Å². The van der Waals surface area contributed by atoms with E-state index in [0.717, 1.165) is 0 Å². The molecule has 1 aliphatic heterocycles. The number of nitrogens with one attached hydrogen (secondary N) is 1. The zero-order valence-electron chi connectivity index (χ0n) is 17.5. The predicted molar refractivity (Wildman–Crippen MR) is 107 cm³/mol. The molecule has 0 spiro atoms. The molecule has 3 fully saturated rings. The first-order valence-electron chi connectivity index (χ1n) is 10.9. The molecule has 1 aromatic rings. The first-order valence-corrected chi connectivity index (χ1v) is 10.9. The van der Waals surface area contributed by atoms with Crippen molar-refractivity contribution < 1.29 is 22.0 Å². The molecule has 3 aliphatic carbocycles. The summed E-state index contributed by atoms with van der Waals surface area (Å²) in [6, 6.07) is -2.80. The Morgan fingerprint density at radius 1 is 1.16 bits per heavy atom. The number of hydrogen-bond acceptors (Lipinski definition) is 4. The summed E-state index contributed by atoms with van der Waals surface area (Å²) in [5.74, 6) is -3.80. The van der Waals surface area contributed by atoms with Gasteiger partial charge in [0.25, 0.3) is 17.9 Å². The van der Waals surface area contributed by atoms with Crippen LogP contribution in [-0.2, 0) is 0 Å². The predicted octanol–water partition coefficient (Wildman–Crippen LogP) is 0.483. The summed E-state index contributed by atoms with van der Waals surface area (Å²) in [4.78, 5) is 28.7. The van der Waals surface area contributed by atoms with E-state index in [0.29, 0.717) is 18.4 Å². The fourth-order valence-corrected chi connectivity index (χ4v) is 5.97. The number of alkyl halides is 5. The van der Waals surface area contributed by atoms with Crippen LogP contribution in [0.3, 0.4) is 0 Å².